The molecule has 0 unspecified atom stereocenters. The zero-order chi connectivity index (χ0) is 19.8. The molecule has 8 nitrogen and oxygen atoms in total. The van der Waals surface area contributed by atoms with Crippen molar-refractivity contribution in [3.05, 3.63) is 23.8 Å². The third-order valence-corrected chi connectivity index (χ3v) is 4.65. The fourth-order valence-corrected chi connectivity index (χ4v) is 3.21. The SMILES string of the molecule is CC(C)[C@H](NC(=O)CN1C(=O)NC(C)(C)C1=O)c1ccc2c(c1)OCCO2. The van der Waals surface area contributed by atoms with Crippen LogP contribution in [-0.4, -0.2) is 48.0 Å². The number of rotatable bonds is 5. The Bertz CT molecular complexity index is 775. The summed E-state index contributed by atoms with van der Waals surface area (Å²) in [6.07, 6.45) is 0. The topological polar surface area (TPSA) is 97.0 Å². The van der Waals surface area contributed by atoms with E-state index in [2.05, 4.69) is 10.6 Å². The number of nitrogens with one attached hydrogen (secondary N) is 2. The van der Waals surface area contributed by atoms with Crippen molar-refractivity contribution in [1.29, 1.82) is 0 Å². The molecular formula is C19H25N3O5. The maximum atomic E-state index is 12.5. The molecule has 1 atom stereocenters. The molecule has 2 aliphatic heterocycles. The van der Waals surface area contributed by atoms with Gasteiger partial charge in [0.15, 0.2) is 11.5 Å². The van der Waals surface area contributed by atoms with Crippen LogP contribution in [0.2, 0.25) is 0 Å². The van der Waals surface area contributed by atoms with Crippen molar-refractivity contribution in [2.75, 3.05) is 19.8 Å². The van der Waals surface area contributed by atoms with Gasteiger partial charge in [0.1, 0.15) is 25.3 Å². The summed E-state index contributed by atoms with van der Waals surface area (Å²) in [6, 6.07) is 4.72. The summed E-state index contributed by atoms with van der Waals surface area (Å²) < 4.78 is 11.1. The van der Waals surface area contributed by atoms with E-state index < -0.39 is 23.4 Å². The van der Waals surface area contributed by atoms with Gasteiger partial charge < -0.3 is 20.1 Å². The molecule has 0 saturated carbocycles. The molecule has 3 rings (SSSR count). The van der Waals surface area contributed by atoms with Crippen LogP contribution >= 0.6 is 0 Å². The monoisotopic (exact) mass is 375 g/mol. The van der Waals surface area contributed by atoms with E-state index in [-0.39, 0.29) is 18.5 Å². The minimum absolute atomic E-state index is 0.0936. The predicted octanol–water partition coefficient (Wildman–Crippen LogP) is 1.60. The van der Waals surface area contributed by atoms with Crippen molar-refractivity contribution < 1.29 is 23.9 Å². The number of fused-ring (bicyclic) bond motifs is 1. The van der Waals surface area contributed by atoms with Crippen LogP contribution < -0.4 is 20.1 Å². The van der Waals surface area contributed by atoms with Crippen molar-refractivity contribution in [3.8, 4) is 11.5 Å². The Labute approximate surface area is 158 Å². The Hall–Kier alpha value is -2.77. The molecule has 2 heterocycles. The molecule has 4 amide bonds. The second-order valence-electron chi connectivity index (χ2n) is 7.64. The number of nitrogens with zero attached hydrogens (tertiary/aromatic N) is 1. The number of carbonyl (C=O) groups excluding carboxylic acids is 3. The Morgan fingerprint density at radius 1 is 1.22 bits per heavy atom. The largest absolute Gasteiger partial charge is 0.486 e. The molecule has 146 valence electrons. The lowest BCUT2D eigenvalue weighted by atomic mass is 9.95. The standard InChI is InChI=1S/C19H25N3O5/c1-11(2)16(12-5-6-13-14(9-12)27-8-7-26-13)20-15(23)10-22-17(24)19(3,4)21-18(22)25/h5-6,9,11,16H,7-8,10H2,1-4H3,(H,20,23)(H,21,25)/t16-/m0/s1. The second-order valence-corrected chi connectivity index (χ2v) is 7.64. The minimum Gasteiger partial charge on any atom is -0.486 e. The van der Waals surface area contributed by atoms with E-state index >= 15 is 0 Å². The molecule has 27 heavy (non-hydrogen) atoms. The summed E-state index contributed by atoms with van der Waals surface area (Å²) in [5.74, 6) is 0.610. The van der Waals surface area contributed by atoms with Crippen LogP contribution in [0.3, 0.4) is 0 Å². The predicted molar refractivity (Wildman–Crippen MR) is 97.5 cm³/mol. The molecule has 0 bridgehead atoms. The molecule has 0 radical (unpaired) electrons. The average molecular weight is 375 g/mol. The fourth-order valence-electron chi connectivity index (χ4n) is 3.21. The lowest BCUT2D eigenvalue weighted by molar-refractivity contribution is -0.134. The molecule has 1 saturated heterocycles. The summed E-state index contributed by atoms with van der Waals surface area (Å²) >= 11 is 0. The zero-order valence-electron chi connectivity index (χ0n) is 16.0. The van der Waals surface area contributed by atoms with Gasteiger partial charge in [0.25, 0.3) is 5.91 Å². The summed E-state index contributed by atoms with van der Waals surface area (Å²) in [5, 5.41) is 5.49. The number of hydrogen-bond donors (Lipinski definition) is 2. The van der Waals surface area contributed by atoms with E-state index in [0.717, 1.165) is 10.5 Å². The molecule has 1 fully saturated rings. The lowest BCUT2D eigenvalue weighted by Crippen LogP contribution is -2.44. The Balaban J connectivity index is 1.72. The van der Waals surface area contributed by atoms with Gasteiger partial charge in [-0.3, -0.25) is 14.5 Å². The zero-order valence-corrected chi connectivity index (χ0v) is 16.0. The molecule has 2 N–H and O–H groups in total. The highest BCUT2D eigenvalue weighted by Gasteiger charge is 2.45. The number of benzene rings is 1. The maximum absolute atomic E-state index is 12.5. The smallest absolute Gasteiger partial charge is 0.325 e. The van der Waals surface area contributed by atoms with Crippen molar-refractivity contribution in [3.63, 3.8) is 0 Å². The Kier molecular flexibility index (Phi) is 4.99. The summed E-state index contributed by atoms with van der Waals surface area (Å²) in [4.78, 5) is 37.7. The van der Waals surface area contributed by atoms with E-state index in [1.54, 1.807) is 13.8 Å². The normalized spacial score (nSPS) is 19.1. The Morgan fingerprint density at radius 2 is 1.89 bits per heavy atom. The van der Waals surface area contributed by atoms with Crippen molar-refractivity contribution in [1.82, 2.24) is 15.5 Å². The van der Waals surface area contributed by atoms with E-state index in [1.165, 1.54) is 0 Å². The van der Waals surface area contributed by atoms with Crippen LogP contribution in [0, 0.1) is 5.92 Å². The van der Waals surface area contributed by atoms with Crippen LogP contribution in [0.4, 0.5) is 4.79 Å². The molecule has 0 aliphatic carbocycles. The average Bonchev–Trinajstić information content (AvgIpc) is 2.80. The summed E-state index contributed by atoms with van der Waals surface area (Å²) in [5.41, 5.74) is -0.120. The highest BCUT2D eigenvalue weighted by molar-refractivity contribution is 6.08. The van der Waals surface area contributed by atoms with Crippen molar-refractivity contribution in [2.45, 2.75) is 39.3 Å². The second kappa shape index (κ2) is 7.09. The first-order valence-electron chi connectivity index (χ1n) is 9.02. The van der Waals surface area contributed by atoms with E-state index in [9.17, 15) is 14.4 Å². The van der Waals surface area contributed by atoms with Gasteiger partial charge >= 0.3 is 6.03 Å². The first-order chi connectivity index (χ1) is 12.7. The fraction of sp³-hybridized carbons (Fsp3) is 0.526. The number of urea groups is 1. The van der Waals surface area contributed by atoms with Crippen LogP contribution in [0.1, 0.15) is 39.3 Å². The number of amides is 4. The van der Waals surface area contributed by atoms with Gasteiger partial charge in [-0.05, 0) is 37.5 Å². The number of carbonyl (C=O) groups is 3. The molecule has 2 aliphatic rings. The molecule has 1 aromatic rings. The van der Waals surface area contributed by atoms with Crippen molar-refractivity contribution >= 4 is 17.8 Å². The van der Waals surface area contributed by atoms with Crippen LogP contribution in [0.15, 0.2) is 18.2 Å². The van der Waals surface area contributed by atoms with Gasteiger partial charge in [-0.2, -0.15) is 0 Å². The number of imide groups is 1. The third-order valence-electron chi connectivity index (χ3n) is 4.65. The molecule has 0 spiro atoms. The lowest BCUT2D eigenvalue weighted by Gasteiger charge is -2.26. The van der Waals surface area contributed by atoms with E-state index in [1.807, 2.05) is 32.0 Å². The van der Waals surface area contributed by atoms with Crippen LogP contribution in [0.25, 0.3) is 0 Å². The maximum Gasteiger partial charge on any atom is 0.325 e. The quantitative estimate of drug-likeness (QED) is 0.762. The molecule has 8 heteroatoms. The van der Waals surface area contributed by atoms with Gasteiger partial charge in [-0.15, -0.1) is 0 Å². The Morgan fingerprint density at radius 3 is 2.48 bits per heavy atom. The summed E-state index contributed by atoms with van der Waals surface area (Å²) in [6.45, 7) is 7.86. The van der Waals surface area contributed by atoms with Gasteiger partial charge in [0.2, 0.25) is 5.91 Å². The molecule has 1 aromatic carbocycles. The highest BCUT2D eigenvalue weighted by Crippen LogP contribution is 2.34. The van der Waals surface area contributed by atoms with Gasteiger partial charge in [-0.1, -0.05) is 19.9 Å². The van der Waals surface area contributed by atoms with Gasteiger partial charge in [0.05, 0.1) is 6.04 Å². The van der Waals surface area contributed by atoms with E-state index in [4.69, 9.17) is 9.47 Å². The number of hydrogen-bond acceptors (Lipinski definition) is 5. The van der Waals surface area contributed by atoms with Crippen molar-refractivity contribution in [2.24, 2.45) is 5.92 Å². The highest BCUT2D eigenvalue weighted by atomic mass is 16.6. The summed E-state index contributed by atoms with van der Waals surface area (Å²) in [7, 11) is 0. The first kappa shape index (κ1) is 19.0. The van der Waals surface area contributed by atoms with Gasteiger partial charge in [0, 0.05) is 0 Å². The van der Waals surface area contributed by atoms with E-state index in [0.29, 0.717) is 24.7 Å². The molecule has 0 aromatic heterocycles. The van der Waals surface area contributed by atoms with Gasteiger partial charge in [-0.25, -0.2) is 4.79 Å². The van der Waals surface area contributed by atoms with Crippen LogP contribution in [0.5, 0.6) is 11.5 Å². The first-order valence-corrected chi connectivity index (χ1v) is 9.02. The van der Waals surface area contributed by atoms with Crippen LogP contribution in [-0.2, 0) is 9.59 Å². The molecular weight excluding hydrogens is 350 g/mol. The third kappa shape index (κ3) is 3.84. The number of ether oxygens (including phenoxy) is 2. The minimum atomic E-state index is -0.995.